The third kappa shape index (κ3) is 3.11. The van der Waals surface area contributed by atoms with E-state index in [0.717, 1.165) is 28.8 Å². The van der Waals surface area contributed by atoms with Crippen molar-refractivity contribution < 1.29 is 24.1 Å². The zero-order valence-electron chi connectivity index (χ0n) is 17.2. The van der Waals surface area contributed by atoms with Crippen LogP contribution < -0.4 is 14.2 Å². The van der Waals surface area contributed by atoms with Crippen LogP contribution in [0, 0.1) is 0 Å². The summed E-state index contributed by atoms with van der Waals surface area (Å²) in [5.74, 6) is 0.571. The van der Waals surface area contributed by atoms with Gasteiger partial charge in [0.2, 0.25) is 6.79 Å². The Bertz CT molecular complexity index is 1210. The van der Waals surface area contributed by atoms with E-state index in [1.54, 1.807) is 7.11 Å². The standard InChI is InChI=1S/C25H21NO5/c1-3-16-7-10-18-21(15-6-11-19-20(12-15)31-13-30-19)23(25(27)28)22(24(18)26-16)14-4-8-17(29-2)9-5-14/h4-12,21H,3,13H2,1-2H3,(H,27,28)/t21-/m0/s1. The number of hydrogen-bond acceptors (Lipinski definition) is 5. The Hall–Kier alpha value is -3.80. The van der Waals surface area contributed by atoms with Crippen LogP contribution in [0.3, 0.4) is 0 Å². The molecule has 0 fully saturated rings. The lowest BCUT2D eigenvalue weighted by Crippen LogP contribution is -2.10. The zero-order chi connectivity index (χ0) is 21.5. The summed E-state index contributed by atoms with van der Waals surface area (Å²) < 4.78 is 16.2. The first-order valence-electron chi connectivity index (χ1n) is 10.1. The highest BCUT2D eigenvalue weighted by atomic mass is 16.7. The summed E-state index contributed by atoms with van der Waals surface area (Å²) in [6, 6.07) is 17.0. The average molecular weight is 415 g/mol. The minimum Gasteiger partial charge on any atom is -0.497 e. The third-order valence-electron chi connectivity index (χ3n) is 5.79. The molecule has 2 aliphatic rings. The van der Waals surface area contributed by atoms with Gasteiger partial charge in [0.25, 0.3) is 0 Å². The number of hydrogen-bond donors (Lipinski definition) is 1. The van der Waals surface area contributed by atoms with Crippen molar-refractivity contribution in [2.75, 3.05) is 13.9 Å². The van der Waals surface area contributed by atoms with Crippen LogP contribution in [0.2, 0.25) is 0 Å². The molecule has 156 valence electrons. The molecule has 1 aliphatic carbocycles. The molecule has 0 spiro atoms. The Morgan fingerprint density at radius 3 is 2.58 bits per heavy atom. The lowest BCUT2D eigenvalue weighted by Gasteiger charge is -2.15. The van der Waals surface area contributed by atoms with Gasteiger partial charge in [0, 0.05) is 17.2 Å². The highest BCUT2D eigenvalue weighted by molar-refractivity contribution is 6.06. The second-order valence-electron chi connectivity index (χ2n) is 7.46. The first kappa shape index (κ1) is 19.2. The summed E-state index contributed by atoms with van der Waals surface area (Å²) >= 11 is 0. The number of aliphatic carboxylic acids is 1. The number of carboxylic acid groups (broad SMARTS) is 1. The molecule has 5 rings (SSSR count). The van der Waals surface area contributed by atoms with Crippen LogP contribution in [-0.4, -0.2) is 30.0 Å². The lowest BCUT2D eigenvalue weighted by atomic mass is 9.88. The fraction of sp³-hybridized carbons (Fsp3) is 0.200. The van der Waals surface area contributed by atoms with Crippen LogP contribution in [0.15, 0.2) is 60.2 Å². The van der Waals surface area contributed by atoms with E-state index in [-0.39, 0.29) is 6.79 Å². The molecule has 6 heteroatoms. The summed E-state index contributed by atoms with van der Waals surface area (Å²) in [7, 11) is 1.60. The minimum atomic E-state index is -0.968. The summed E-state index contributed by atoms with van der Waals surface area (Å²) in [5, 5.41) is 10.3. The van der Waals surface area contributed by atoms with Crippen LogP contribution in [0.25, 0.3) is 5.57 Å². The molecule has 0 unspecified atom stereocenters. The van der Waals surface area contributed by atoms with E-state index in [1.807, 2.05) is 61.5 Å². The summed E-state index contributed by atoms with van der Waals surface area (Å²) in [6.45, 7) is 2.20. The van der Waals surface area contributed by atoms with Crippen molar-refractivity contribution in [3.8, 4) is 17.2 Å². The van der Waals surface area contributed by atoms with Crippen LogP contribution in [-0.2, 0) is 11.2 Å². The Balaban J connectivity index is 1.75. The maximum atomic E-state index is 12.6. The van der Waals surface area contributed by atoms with Gasteiger partial charge in [-0.1, -0.05) is 31.2 Å². The van der Waals surface area contributed by atoms with E-state index in [2.05, 4.69) is 0 Å². The van der Waals surface area contributed by atoms with Crippen molar-refractivity contribution in [2.24, 2.45) is 0 Å². The number of nitrogens with zero attached hydrogens (tertiary/aromatic N) is 1. The molecule has 1 atom stereocenters. The molecule has 2 heterocycles. The number of carboxylic acids is 1. The predicted octanol–water partition coefficient (Wildman–Crippen LogP) is 4.41. The molecule has 0 saturated carbocycles. The average Bonchev–Trinajstić information content (AvgIpc) is 3.40. The largest absolute Gasteiger partial charge is 0.497 e. The van der Waals surface area contributed by atoms with E-state index in [0.29, 0.717) is 34.1 Å². The Kier molecular flexibility index (Phi) is 4.62. The Morgan fingerprint density at radius 2 is 1.87 bits per heavy atom. The van der Waals surface area contributed by atoms with Crippen molar-refractivity contribution in [1.82, 2.24) is 4.98 Å². The van der Waals surface area contributed by atoms with Crippen molar-refractivity contribution in [1.29, 1.82) is 0 Å². The first-order valence-corrected chi connectivity index (χ1v) is 10.1. The lowest BCUT2D eigenvalue weighted by molar-refractivity contribution is -0.132. The van der Waals surface area contributed by atoms with Gasteiger partial charge in [0.05, 0.1) is 18.4 Å². The van der Waals surface area contributed by atoms with Crippen LogP contribution >= 0.6 is 0 Å². The van der Waals surface area contributed by atoms with E-state index < -0.39 is 11.9 Å². The number of aromatic nitrogens is 1. The molecule has 1 aliphatic heterocycles. The molecule has 31 heavy (non-hydrogen) atoms. The number of ether oxygens (including phenoxy) is 3. The van der Waals surface area contributed by atoms with E-state index in [9.17, 15) is 9.90 Å². The molecule has 1 aromatic heterocycles. The molecule has 0 radical (unpaired) electrons. The van der Waals surface area contributed by atoms with Crippen LogP contribution in [0.4, 0.5) is 0 Å². The molecule has 0 bridgehead atoms. The maximum Gasteiger partial charge on any atom is 0.333 e. The summed E-state index contributed by atoms with van der Waals surface area (Å²) in [5.41, 5.74) is 5.08. The van der Waals surface area contributed by atoms with E-state index in [4.69, 9.17) is 19.2 Å². The Morgan fingerprint density at radius 1 is 1.10 bits per heavy atom. The second kappa shape index (κ2) is 7.47. The number of rotatable bonds is 5. The Labute approximate surface area is 179 Å². The van der Waals surface area contributed by atoms with Gasteiger partial charge in [-0.2, -0.15) is 0 Å². The molecule has 3 aromatic rings. The first-order chi connectivity index (χ1) is 15.1. The monoisotopic (exact) mass is 415 g/mol. The van der Waals surface area contributed by atoms with E-state index in [1.165, 1.54) is 0 Å². The summed E-state index contributed by atoms with van der Waals surface area (Å²) in [4.78, 5) is 17.4. The van der Waals surface area contributed by atoms with Crippen molar-refractivity contribution in [2.45, 2.75) is 19.3 Å². The van der Waals surface area contributed by atoms with Crippen molar-refractivity contribution in [3.63, 3.8) is 0 Å². The molecule has 1 N–H and O–H groups in total. The third-order valence-corrected chi connectivity index (χ3v) is 5.79. The van der Waals surface area contributed by atoms with Gasteiger partial charge in [0.15, 0.2) is 11.5 Å². The molecule has 2 aromatic carbocycles. The van der Waals surface area contributed by atoms with Crippen molar-refractivity contribution >= 4 is 11.5 Å². The molecular weight excluding hydrogens is 394 g/mol. The quantitative estimate of drug-likeness (QED) is 0.665. The highest BCUT2D eigenvalue weighted by Gasteiger charge is 2.38. The number of aryl methyl sites for hydroxylation is 1. The van der Waals surface area contributed by atoms with Crippen molar-refractivity contribution in [3.05, 3.63) is 88.2 Å². The van der Waals surface area contributed by atoms with Gasteiger partial charge in [-0.25, -0.2) is 4.79 Å². The molecule has 0 saturated heterocycles. The normalized spacial score (nSPS) is 16.4. The van der Waals surface area contributed by atoms with Gasteiger partial charge in [-0.15, -0.1) is 0 Å². The van der Waals surface area contributed by atoms with Gasteiger partial charge < -0.3 is 19.3 Å². The number of methoxy groups -OCH3 is 1. The van der Waals surface area contributed by atoms with Gasteiger partial charge in [0.1, 0.15) is 5.75 Å². The fourth-order valence-electron chi connectivity index (χ4n) is 4.29. The smallest absolute Gasteiger partial charge is 0.333 e. The highest BCUT2D eigenvalue weighted by Crippen LogP contribution is 2.49. The molecule has 0 amide bonds. The van der Waals surface area contributed by atoms with Crippen LogP contribution in [0.5, 0.6) is 17.2 Å². The van der Waals surface area contributed by atoms with Gasteiger partial charge in [-0.05, 0) is 53.4 Å². The summed E-state index contributed by atoms with van der Waals surface area (Å²) in [6.07, 6.45) is 0.764. The zero-order valence-corrected chi connectivity index (χ0v) is 17.2. The maximum absolute atomic E-state index is 12.6. The fourth-order valence-corrected chi connectivity index (χ4v) is 4.29. The number of fused-ring (bicyclic) bond motifs is 2. The van der Waals surface area contributed by atoms with Gasteiger partial charge >= 0.3 is 5.97 Å². The molecular formula is C25H21NO5. The SMILES string of the molecule is CCc1ccc2c(n1)C(c1ccc(OC)cc1)=C(C(=O)O)[C@H]2c1ccc2c(c1)OCO2. The van der Waals surface area contributed by atoms with Gasteiger partial charge in [-0.3, -0.25) is 4.98 Å². The number of pyridine rings is 1. The van der Waals surface area contributed by atoms with Crippen LogP contribution in [0.1, 0.15) is 40.9 Å². The number of carbonyl (C=O) groups is 1. The molecule has 6 nitrogen and oxygen atoms in total. The predicted molar refractivity (Wildman–Crippen MR) is 115 cm³/mol. The topological polar surface area (TPSA) is 77.9 Å². The second-order valence-corrected chi connectivity index (χ2v) is 7.46. The number of benzene rings is 2. The van der Waals surface area contributed by atoms with E-state index >= 15 is 0 Å². The minimum absolute atomic E-state index is 0.167.